The van der Waals surface area contributed by atoms with Crippen molar-refractivity contribution in [3.63, 3.8) is 0 Å². The van der Waals surface area contributed by atoms with Gasteiger partial charge in [0.1, 0.15) is 0 Å². The molecule has 2 aliphatic rings. The predicted octanol–water partition coefficient (Wildman–Crippen LogP) is 1.76. The summed E-state index contributed by atoms with van der Waals surface area (Å²) in [4.78, 5) is 12.1. The maximum absolute atomic E-state index is 12.1. The van der Waals surface area contributed by atoms with Crippen LogP contribution in [0, 0.1) is 5.92 Å². The van der Waals surface area contributed by atoms with Crippen LogP contribution < -0.4 is 11.1 Å². The van der Waals surface area contributed by atoms with Gasteiger partial charge >= 0.3 is 0 Å². The first-order valence-electron chi connectivity index (χ1n) is 7.45. The molecule has 1 saturated carbocycles. The Labute approximate surface area is 119 Å². The summed E-state index contributed by atoms with van der Waals surface area (Å²) in [5.41, 5.74) is 7.09. The van der Waals surface area contributed by atoms with Gasteiger partial charge in [-0.2, -0.15) is 0 Å². The fourth-order valence-corrected chi connectivity index (χ4v) is 2.94. The van der Waals surface area contributed by atoms with Crippen molar-refractivity contribution >= 4 is 5.91 Å². The van der Waals surface area contributed by atoms with E-state index in [1.807, 2.05) is 30.3 Å². The van der Waals surface area contributed by atoms with Crippen LogP contribution in [0.3, 0.4) is 0 Å². The molecule has 108 valence electrons. The summed E-state index contributed by atoms with van der Waals surface area (Å²) in [5, 5.41) is 3.11. The Bertz CT molecular complexity index is 459. The third-order valence-corrected chi connectivity index (χ3v) is 4.20. The molecule has 20 heavy (non-hydrogen) atoms. The van der Waals surface area contributed by atoms with Crippen molar-refractivity contribution in [2.45, 2.75) is 43.9 Å². The minimum Gasteiger partial charge on any atom is -0.376 e. The van der Waals surface area contributed by atoms with Gasteiger partial charge in [-0.15, -0.1) is 0 Å². The summed E-state index contributed by atoms with van der Waals surface area (Å²) >= 11 is 0. The fourth-order valence-electron chi connectivity index (χ4n) is 2.94. The number of hydrogen-bond acceptors (Lipinski definition) is 3. The summed E-state index contributed by atoms with van der Waals surface area (Å²) in [6.45, 7) is 0.761. The van der Waals surface area contributed by atoms with Crippen molar-refractivity contribution in [2.75, 3.05) is 6.61 Å². The second-order valence-electron chi connectivity index (χ2n) is 5.86. The third kappa shape index (κ3) is 3.19. The summed E-state index contributed by atoms with van der Waals surface area (Å²) in [6.07, 6.45) is 3.96. The van der Waals surface area contributed by atoms with Gasteiger partial charge in [-0.25, -0.2) is 0 Å². The lowest BCUT2D eigenvalue weighted by Crippen LogP contribution is -2.42. The van der Waals surface area contributed by atoms with E-state index in [1.54, 1.807) is 0 Å². The first-order valence-corrected chi connectivity index (χ1v) is 7.45. The molecular weight excluding hydrogens is 252 g/mol. The smallest absolute Gasteiger partial charge is 0.222 e. The number of nitrogens with one attached hydrogen (secondary N) is 1. The monoisotopic (exact) mass is 274 g/mol. The Morgan fingerprint density at radius 2 is 2.05 bits per heavy atom. The lowest BCUT2D eigenvalue weighted by Gasteiger charge is -2.20. The molecule has 1 aromatic rings. The van der Waals surface area contributed by atoms with E-state index in [-0.39, 0.29) is 24.1 Å². The van der Waals surface area contributed by atoms with Gasteiger partial charge in [-0.05, 0) is 30.7 Å². The zero-order chi connectivity index (χ0) is 13.9. The van der Waals surface area contributed by atoms with Gasteiger partial charge in [0.2, 0.25) is 5.91 Å². The molecule has 1 amide bonds. The van der Waals surface area contributed by atoms with Crippen molar-refractivity contribution < 1.29 is 9.53 Å². The van der Waals surface area contributed by atoms with E-state index in [0.717, 1.165) is 18.6 Å². The fraction of sp³-hybridized carbons (Fsp3) is 0.562. The first kappa shape index (κ1) is 13.6. The molecule has 2 fully saturated rings. The van der Waals surface area contributed by atoms with Crippen LogP contribution in [0.4, 0.5) is 0 Å². The zero-order valence-electron chi connectivity index (χ0n) is 11.6. The topological polar surface area (TPSA) is 64.4 Å². The maximum Gasteiger partial charge on any atom is 0.222 e. The van der Waals surface area contributed by atoms with Crippen LogP contribution in [0.1, 0.15) is 37.3 Å². The van der Waals surface area contributed by atoms with Crippen molar-refractivity contribution in [1.29, 1.82) is 0 Å². The van der Waals surface area contributed by atoms with Crippen LogP contribution in [-0.4, -0.2) is 24.7 Å². The highest BCUT2D eigenvalue weighted by atomic mass is 16.5. The van der Waals surface area contributed by atoms with Crippen molar-refractivity contribution in [3.05, 3.63) is 35.9 Å². The largest absolute Gasteiger partial charge is 0.376 e. The minimum atomic E-state index is -0.238. The molecule has 1 aliphatic carbocycles. The SMILES string of the molecule is NC(CC(=O)NC1CCOC1C1CC1)c1ccccc1. The number of rotatable bonds is 5. The number of carbonyl (C=O) groups excluding carboxylic acids is 1. The second-order valence-corrected chi connectivity index (χ2v) is 5.86. The number of carbonyl (C=O) groups is 1. The summed E-state index contributed by atoms with van der Waals surface area (Å²) in [7, 11) is 0. The molecular formula is C16H22N2O2. The Kier molecular flexibility index (Phi) is 4.03. The maximum atomic E-state index is 12.1. The lowest BCUT2D eigenvalue weighted by atomic mass is 10.0. The molecule has 3 rings (SSSR count). The van der Waals surface area contributed by atoms with Gasteiger partial charge in [-0.3, -0.25) is 4.79 Å². The summed E-state index contributed by atoms with van der Waals surface area (Å²) in [6, 6.07) is 9.71. The third-order valence-electron chi connectivity index (χ3n) is 4.20. The molecule has 0 radical (unpaired) electrons. The Balaban J connectivity index is 1.52. The quantitative estimate of drug-likeness (QED) is 0.860. The zero-order valence-corrected chi connectivity index (χ0v) is 11.6. The highest BCUT2D eigenvalue weighted by molar-refractivity contribution is 5.77. The molecule has 1 heterocycles. The predicted molar refractivity (Wildman–Crippen MR) is 77.0 cm³/mol. The van der Waals surface area contributed by atoms with Gasteiger partial charge < -0.3 is 15.8 Å². The molecule has 0 aromatic heterocycles. The number of amides is 1. The highest BCUT2D eigenvalue weighted by Gasteiger charge is 2.41. The van der Waals surface area contributed by atoms with Gasteiger partial charge in [0.25, 0.3) is 0 Å². The molecule has 4 nitrogen and oxygen atoms in total. The van der Waals surface area contributed by atoms with E-state index < -0.39 is 0 Å². The van der Waals surface area contributed by atoms with Crippen LogP contribution in [-0.2, 0) is 9.53 Å². The average molecular weight is 274 g/mol. The van der Waals surface area contributed by atoms with Crippen LogP contribution >= 0.6 is 0 Å². The van der Waals surface area contributed by atoms with Crippen LogP contribution in [0.25, 0.3) is 0 Å². The molecule has 1 saturated heterocycles. The molecule has 3 atom stereocenters. The summed E-state index contributed by atoms with van der Waals surface area (Å²) < 4.78 is 5.73. The average Bonchev–Trinajstić information content (AvgIpc) is 3.20. The minimum absolute atomic E-state index is 0.0301. The lowest BCUT2D eigenvalue weighted by molar-refractivity contribution is -0.122. The van der Waals surface area contributed by atoms with Gasteiger partial charge in [-0.1, -0.05) is 30.3 Å². The standard InChI is InChI=1S/C16H22N2O2/c17-13(11-4-2-1-3-5-11)10-15(19)18-14-8-9-20-16(14)12-6-7-12/h1-5,12-14,16H,6-10,17H2,(H,18,19). The first-order chi connectivity index (χ1) is 9.74. The number of ether oxygens (including phenoxy) is 1. The van der Waals surface area contributed by atoms with E-state index in [9.17, 15) is 4.79 Å². The second kappa shape index (κ2) is 5.94. The molecule has 1 aromatic carbocycles. The van der Waals surface area contributed by atoms with E-state index in [0.29, 0.717) is 12.3 Å². The molecule has 4 heteroatoms. The van der Waals surface area contributed by atoms with Gasteiger partial charge in [0, 0.05) is 19.1 Å². The van der Waals surface area contributed by atoms with E-state index >= 15 is 0 Å². The normalized spacial score (nSPS) is 27.2. The number of benzene rings is 1. The molecule has 1 aliphatic heterocycles. The van der Waals surface area contributed by atoms with Crippen LogP contribution in [0.15, 0.2) is 30.3 Å². The van der Waals surface area contributed by atoms with E-state index in [2.05, 4.69) is 5.32 Å². The van der Waals surface area contributed by atoms with Crippen LogP contribution in [0.5, 0.6) is 0 Å². The van der Waals surface area contributed by atoms with E-state index in [4.69, 9.17) is 10.5 Å². The molecule has 0 spiro atoms. The van der Waals surface area contributed by atoms with Crippen molar-refractivity contribution in [2.24, 2.45) is 11.7 Å². The molecule has 3 unspecified atom stereocenters. The molecule has 3 N–H and O–H groups in total. The van der Waals surface area contributed by atoms with E-state index in [1.165, 1.54) is 12.8 Å². The highest BCUT2D eigenvalue weighted by Crippen LogP contribution is 2.38. The Hall–Kier alpha value is -1.39. The summed E-state index contributed by atoms with van der Waals surface area (Å²) in [5.74, 6) is 0.688. The van der Waals surface area contributed by atoms with Gasteiger partial charge in [0.15, 0.2) is 0 Å². The Morgan fingerprint density at radius 1 is 1.30 bits per heavy atom. The Morgan fingerprint density at radius 3 is 2.75 bits per heavy atom. The van der Waals surface area contributed by atoms with Crippen molar-refractivity contribution in [1.82, 2.24) is 5.32 Å². The number of nitrogens with two attached hydrogens (primary N) is 1. The molecule has 0 bridgehead atoms. The van der Waals surface area contributed by atoms with Crippen LogP contribution in [0.2, 0.25) is 0 Å². The number of hydrogen-bond donors (Lipinski definition) is 2. The van der Waals surface area contributed by atoms with Gasteiger partial charge in [0.05, 0.1) is 12.1 Å². The van der Waals surface area contributed by atoms with Crippen molar-refractivity contribution in [3.8, 4) is 0 Å².